The number of piperidine rings is 1. The molecule has 0 bridgehead atoms. The third-order valence-electron chi connectivity index (χ3n) is 4.56. The first kappa shape index (κ1) is 17.2. The molecule has 1 saturated heterocycles. The number of carbonyl (C=O) groups is 1. The topological polar surface area (TPSA) is 59.2 Å². The summed E-state index contributed by atoms with van der Waals surface area (Å²) in [4.78, 5) is 23.6. The lowest BCUT2D eigenvalue weighted by atomic mass is 9.98. The second-order valence-corrected chi connectivity index (χ2v) is 7.75. The van der Waals surface area contributed by atoms with Crippen molar-refractivity contribution in [3.8, 4) is 0 Å². The number of benzene rings is 1. The summed E-state index contributed by atoms with van der Waals surface area (Å²) in [6.45, 7) is 1.41. The summed E-state index contributed by atoms with van der Waals surface area (Å²) in [5.41, 5.74) is 2.81. The number of oxazole rings is 1. The van der Waals surface area contributed by atoms with Crippen molar-refractivity contribution in [2.24, 2.45) is 0 Å². The van der Waals surface area contributed by atoms with Gasteiger partial charge in [0, 0.05) is 24.5 Å². The predicted octanol–water partition coefficient (Wildman–Crippen LogP) is 4.40. The Morgan fingerprint density at radius 3 is 2.92 bits per heavy atom. The summed E-state index contributed by atoms with van der Waals surface area (Å²) in [5.74, 6) is 1.73. The number of nitrogens with zero attached hydrogens (tertiary/aromatic N) is 3. The SMILES string of the molecule is O=C(c1cncs1)N1CCC[C@H](c2ncc(Cc3ccc(Cl)cc3)o2)C1. The van der Waals surface area contributed by atoms with Crippen LogP contribution in [0.2, 0.25) is 5.02 Å². The highest BCUT2D eigenvalue weighted by atomic mass is 35.5. The van der Waals surface area contributed by atoms with Gasteiger partial charge in [-0.1, -0.05) is 23.7 Å². The summed E-state index contributed by atoms with van der Waals surface area (Å²) < 4.78 is 5.98. The third-order valence-corrected chi connectivity index (χ3v) is 5.58. The number of aromatic nitrogens is 2. The van der Waals surface area contributed by atoms with E-state index in [-0.39, 0.29) is 11.8 Å². The largest absolute Gasteiger partial charge is 0.445 e. The number of amides is 1. The van der Waals surface area contributed by atoms with E-state index in [9.17, 15) is 4.79 Å². The van der Waals surface area contributed by atoms with E-state index in [0.29, 0.717) is 17.8 Å². The van der Waals surface area contributed by atoms with Gasteiger partial charge in [0.25, 0.3) is 5.91 Å². The first-order valence-electron chi connectivity index (χ1n) is 8.56. The van der Waals surface area contributed by atoms with E-state index in [0.717, 1.165) is 41.6 Å². The zero-order valence-corrected chi connectivity index (χ0v) is 15.7. The number of hydrogen-bond acceptors (Lipinski definition) is 5. The molecule has 1 aliphatic rings. The Morgan fingerprint density at radius 1 is 1.31 bits per heavy atom. The molecule has 3 aromatic rings. The van der Waals surface area contributed by atoms with E-state index in [1.165, 1.54) is 11.3 Å². The molecule has 3 heterocycles. The van der Waals surface area contributed by atoms with E-state index in [1.807, 2.05) is 29.2 Å². The minimum atomic E-state index is 0.0464. The highest BCUT2D eigenvalue weighted by Crippen LogP contribution is 2.28. The molecule has 0 spiro atoms. The van der Waals surface area contributed by atoms with Gasteiger partial charge in [-0.05, 0) is 30.5 Å². The lowest BCUT2D eigenvalue weighted by molar-refractivity contribution is 0.0702. The van der Waals surface area contributed by atoms with E-state index >= 15 is 0 Å². The molecule has 134 valence electrons. The fraction of sp³-hybridized carbons (Fsp3) is 0.316. The van der Waals surface area contributed by atoms with E-state index < -0.39 is 0 Å². The lowest BCUT2D eigenvalue weighted by Crippen LogP contribution is -2.38. The van der Waals surface area contributed by atoms with Gasteiger partial charge in [0.15, 0.2) is 5.89 Å². The van der Waals surface area contributed by atoms with Crippen molar-refractivity contribution in [3.05, 3.63) is 69.3 Å². The van der Waals surface area contributed by atoms with Crippen LogP contribution in [0.4, 0.5) is 0 Å². The van der Waals surface area contributed by atoms with Crippen LogP contribution in [-0.2, 0) is 6.42 Å². The molecule has 5 nitrogen and oxygen atoms in total. The molecule has 4 rings (SSSR count). The third kappa shape index (κ3) is 3.81. The van der Waals surface area contributed by atoms with Crippen molar-refractivity contribution in [2.45, 2.75) is 25.2 Å². The minimum absolute atomic E-state index is 0.0464. The van der Waals surface area contributed by atoms with Gasteiger partial charge in [-0.25, -0.2) is 4.98 Å². The fourth-order valence-electron chi connectivity index (χ4n) is 3.24. The highest BCUT2D eigenvalue weighted by molar-refractivity contribution is 7.11. The van der Waals surface area contributed by atoms with Gasteiger partial charge in [-0.3, -0.25) is 9.78 Å². The van der Waals surface area contributed by atoms with Crippen LogP contribution >= 0.6 is 22.9 Å². The number of likely N-dealkylation sites (tertiary alicyclic amines) is 1. The standard InChI is InChI=1S/C19H18ClN3O2S/c20-15-5-3-13(4-6-15)8-16-9-22-18(25-16)14-2-1-7-23(11-14)19(24)17-10-21-12-26-17/h3-6,9-10,12,14H,1-2,7-8,11H2/t14-/m0/s1. The molecule has 1 aliphatic heterocycles. The maximum Gasteiger partial charge on any atom is 0.265 e. The van der Waals surface area contributed by atoms with Crippen molar-refractivity contribution in [1.29, 1.82) is 0 Å². The van der Waals surface area contributed by atoms with E-state index in [2.05, 4.69) is 9.97 Å². The van der Waals surface area contributed by atoms with Gasteiger partial charge in [0.2, 0.25) is 0 Å². The molecular weight excluding hydrogens is 370 g/mol. The fourth-order valence-corrected chi connectivity index (χ4v) is 3.95. The Balaban J connectivity index is 1.43. The minimum Gasteiger partial charge on any atom is -0.445 e. The van der Waals surface area contributed by atoms with Crippen LogP contribution in [0.1, 0.15) is 45.6 Å². The summed E-state index contributed by atoms with van der Waals surface area (Å²) in [6, 6.07) is 7.72. The number of rotatable bonds is 4. The Hall–Kier alpha value is -2.18. The molecule has 0 aliphatic carbocycles. The average molecular weight is 388 g/mol. The van der Waals surface area contributed by atoms with Gasteiger partial charge in [-0.2, -0.15) is 0 Å². The molecule has 0 radical (unpaired) electrons. The average Bonchev–Trinajstić information content (AvgIpc) is 3.35. The summed E-state index contributed by atoms with van der Waals surface area (Å²) >= 11 is 7.30. The van der Waals surface area contributed by atoms with Gasteiger partial charge in [0.05, 0.1) is 23.8 Å². The molecule has 0 saturated carbocycles. The predicted molar refractivity (Wildman–Crippen MR) is 101 cm³/mol. The Morgan fingerprint density at radius 2 is 2.15 bits per heavy atom. The van der Waals surface area contributed by atoms with Crippen molar-refractivity contribution in [1.82, 2.24) is 14.9 Å². The van der Waals surface area contributed by atoms with Gasteiger partial charge in [0.1, 0.15) is 10.6 Å². The molecule has 2 aromatic heterocycles. The van der Waals surface area contributed by atoms with Crippen molar-refractivity contribution >= 4 is 28.8 Å². The van der Waals surface area contributed by atoms with E-state index in [4.69, 9.17) is 16.0 Å². The molecular formula is C19H18ClN3O2S. The van der Waals surface area contributed by atoms with Crippen LogP contribution in [0.15, 0.2) is 46.6 Å². The zero-order valence-electron chi connectivity index (χ0n) is 14.1. The maximum absolute atomic E-state index is 12.5. The monoisotopic (exact) mass is 387 g/mol. The van der Waals surface area contributed by atoms with Gasteiger partial charge >= 0.3 is 0 Å². The van der Waals surface area contributed by atoms with Gasteiger partial charge < -0.3 is 9.32 Å². The second kappa shape index (κ2) is 7.60. The van der Waals surface area contributed by atoms with Crippen LogP contribution in [0.25, 0.3) is 0 Å². The first-order chi connectivity index (χ1) is 12.7. The molecule has 0 N–H and O–H groups in total. The molecule has 1 atom stereocenters. The van der Waals surface area contributed by atoms with Crippen molar-refractivity contribution < 1.29 is 9.21 Å². The van der Waals surface area contributed by atoms with Crippen LogP contribution in [-0.4, -0.2) is 33.9 Å². The lowest BCUT2D eigenvalue weighted by Gasteiger charge is -2.30. The molecule has 26 heavy (non-hydrogen) atoms. The molecule has 1 amide bonds. The Bertz CT molecular complexity index is 877. The first-order valence-corrected chi connectivity index (χ1v) is 9.81. The molecule has 1 fully saturated rings. The maximum atomic E-state index is 12.5. The number of carbonyl (C=O) groups excluding carboxylic acids is 1. The van der Waals surface area contributed by atoms with Crippen LogP contribution in [0, 0.1) is 0 Å². The summed E-state index contributed by atoms with van der Waals surface area (Å²) in [5, 5.41) is 0.722. The van der Waals surface area contributed by atoms with Crippen LogP contribution < -0.4 is 0 Å². The van der Waals surface area contributed by atoms with Gasteiger partial charge in [-0.15, -0.1) is 11.3 Å². The van der Waals surface area contributed by atoms with Crippen LogP contribution in [0.3, 0.4) is 0 Å². The Kier molecular flexibility index (Phi) is 5.04. The number of halogens is 1. The molecule has 7 heteroatoms. The Labute approximate surface area is 160 Å². The van der Waals surface area contributed by atoms with Crippen LogP contribution in [0.5, 0.6) is 0 Å². The molecule has 1 aromatic carbocycles. The summed E-state index contributed by atoms with van der Waals surface area (Å²) in [6.07, 6.45) is 6.03. The number of thiazole rings is 1. The van der Waals surface area contributed by atoms with Crippen molar-refractivity contribution in [3.63, 3.8) is 0 Å². The normalized spacial score (nSPS) is 17.4. The zero-order chi connectivity index (χ0) is 17.9. The number of hydrogen-bond donors (Lipinski definition) is 0. The second-order valence-electron chi connectivity index (χ2n) is 6.42. The quantitative estimate of drug-likeness (QED) is 0.665. The molecule has 0 unspecified atom stereocenters. The summed E-state index contributed by atoms with van der Waals surface area (Å²) in [7, 11) is 0. The van der Waals surface area contributed by atoms with Crippen molar-refractivity contribution in [2.75, 3.05) is 13.1 Å². The van der Waals surface area contributed by atoms with E-state index in [1.54, 1.807) is 17.9 Å². The highest BCUT2D eigenvalue weighted by Gasteiger charge is 2.28. The smallest absolute Gasteiger partial charge is 0.265 e.